The number of rotatable bonds is 8. The van der Waals surface area contributed by atoms with Crippen LogP contribution in [0.2, 0.25) is 5.02 Å². The number of amides is 3. The number of nitrogens with zero attached hydrogens (tertiary/aromatic N) is 2. The highest BCUT2D eigenvalue weighted by Crippen LogP contribution is 2.35. The maximum atomic E-state index is 12.4. The lowest BCUT2D eigenvalue weighted by molar-refractivity contribution is -0.163. The summed E-state index contributed by atoms with van der Waals surface area (Å²) in [5.74, 6) is -3.84. The number of hydrogen-bond donors (Lipinski definition) is 5. The van der Waals surface area contributed by atoms with Gasteiger partial charge in [0.1, 0.15) is 11.4 Å². The van der Waals surface area contributed by atoms with Crippen molar-refractivity contribution in [1.29, 1.82) is 0 Å². The van der Waals surface area contributed by atoms with Crippen molar-refractivity contribution in [3.05, 3.63) is 22.7 Å². The molecule has 2 saturated heterocycles. The number of aliphatic carboxylic acids is 1. The summed E-state index contributed by atoms with van der Waals surface area (Å²) < 4.78 is 27.0. The molecule has 2 aliphatic rings. The molecule has 192 valence electrons. The van der Waals surface area contributed by atoms with E-state index >= 15 is 0 Å². The molecule has 35 heavy (non-hydrogen) atoms. The molecule has 0 aromatic heterocycles. The van der Waals surface area contributed by atoms with Gasteiger partial charge in [-0.05, 0) is 26.0 Å². The molecule has 0 saturated carbocycles. The van der Waals surface area contributed by atoms with Gasteiger partial charge in [0.05, 0.1) is 16.6 Å². The van der Waals surface area contributed by atoms with Gasteiger partial charge in [-0.15, -0.1) is 0 Å². The van der Waals surface area contributed by atoms with Gasteiger partial charge in [0.2, 0.25) is 5.91 Å². The zero-order valence-corrected chi connectivity index (χ0v) is 20.3. The third-order valence-corrected chi connectivity index (χ3v) is 7.64. The van der Waals surface area contributed by atoms with Crippen LogP contribution in [0.1, 0.15) is 30.6 Å². The topological polar surface area (TPSA) is 191 Å². The van der Waals surface area contributed by atoms with Crippen LogP contribution in [0.4, 0.5) is 4.79 Å². The predicted octanol–water partition coefficient (Wildman–Crippen LogP) is -0.254. The molecule has 2 fully saturated rings. The number of nitrogens with one attached hydrogen (secondary N) is 1. The molecule has 0 spiro atoms. The number of likely N-dealkylation sites (tertiary alicyclic amines) is 2. The fraction of sp³-hybridized carbons (Fsp3) is 0.500. The normalized spacial score (nSPS) is 20.5. The van der Waals surface area contributed by atoms with Crippen LogP contribution < -0.4 is 5.32 Å². The molecule has 13 nitrogen and oxygen atoms in total. The van der Waals surface area contributed by atoms with E-state index in [0.717, 1.165) is 22.8 Å². The van der Waals surface area contributed by atoms with Crippen molar-refractivity contribution in [3.63, 3.8) is 0 Å². The van der Waals surface area contributed by atoms with Crippen LogP contribution in [0.25, 0.3) is 0 Å². The van der Waals surface area contributed by atoms with E-state index in [4.69, 9.17) is 16.3 Å². The fourth-order valence-corrected chi connectivity index (χ4v) is 4.77. The van der Waals surface area contributed by atoms with Crippen molar-refractivity contribution in [3.8, 4) is 11.5 Å². The van der Waals surface area contributed by atoms with E-state index in [0.29, 0.717) is 0 Å². The molecule has 2 heterocycles. The number of carboxylic acid groups (broad SMARTS) is 1. The number of carbonyl (C=O) groups is 4. The second kappa shape index (κ2) is 9.77. The van der Waals surface area contributed by atoms with Gasteiger partial charge in [0.25, 0.3) is 5.91 Å². The molecule has 3 atom stereocenters. The molecular weight excluding hydrogens is 510 g/mol. The summed E-state index contributed by atoms with van der Waals surface area (Å²) in [6, 6.07) is -0.404. The first-order valence-electron chi connectivity index (χ1n) is 10.4. The highest BCUT2D eigenvalue weighted by molar-refractivity contribution is 7.74. The minimum absolute atomic E-state index is 0.0104. The number of benzene rings is 1. The average molecular weight is 534 g/mol. The largest absolute Gasteiger partial charge is 0.504 e. The van der Waals surface area contributed by atoms with Crippen molar-refractivity contribution in [2.24, 2.45) is 0 Å². The van der Waals surface area contributed by atoms with Crippen LogP contribution >= 0.6 is 11.6 Å². The zero-order chi connectivity index (χ0) is 26.2. The van der Waals surface area contributed by atoms with E-state index in [-0.39, 0.29) is 30.1 Å². The molecule has 3 amide bonds. The third-order valence-electron chi connectivity index (χ3n) is 6.05. The van der Waals surface area contributed by atoms with Crippen LogP contribution in [-0.2, 0) is 25.0 Å². The Balaban J connectivity index is 1.58. The Labute approximate surface area is 206 Å². The van der Waals surface area contributed by atoms with E-state index in [1.165, 1.54) is 6.07 Å². The molecule has 1 aromatic rings. The number of thiol groups is 1. The Morgan fingerprint density at radius 1 is 1.29 bits per heavy atom. The van der Waals surface area contributed by atoms with E-state index in [2.05, 4.69) is 5.32 Å². The molecule has 0 aliphatic carbocycles. The van der Waals surface area contributed by atoms with Crippen LogP contribution in [0.3, 0.4) is 0 Å². The van der Waals surface area contributed by atoms with Gasteiger partial charge in [-0.3, -0.25) is 9.59 Å². The monoisotopic (exact) mass is 533 g/mol. The summed E-state index contributed by atoms with van der Waals surface area (Å²) >= 11 is 5.86. The lowest BCUT2D eigenvalue weighted by Crippen LogP contribution is -2.67. The summed E-state index contributed by atoms with van der Waals surface area (Å²) in [6.45, 7) is 1.91. The van der Waals surface area contributed by atoms with Crippen LogP contribution in [-0.4, -0.2) is 100.0 Å². The van der Waals surface area contributed by atoms with E-state index < -0.39 is 75.6 Å². The maximum Gasteiger partial charge on any atom is 0.409 e. The summed E-state index contributed by atoms with van der Waals surface area (Å²) in [7, 11) is -3.43. The first-order chi connectivity index (χ1) is 16.3. The maximum absolute atomic E-state index is 12.4. The Morgan fingerprint density at radius 2 is 1.91 bits per heavy atom. The van der Waals surface area contributed by atoms with Crippen molar-refractivity contribution in [2.45, 2.75) is 43.1 Å². The first-order valence-corrected chi connectivity index (χ1v) is 11.9. The number of β-lactam (4-membered cyclic amide) rings is 1. The Bertz CT molecular complexity index is 1140. The standard InChI is InChI=1S/C20H24ClN3O10S/c1-9-5-13(26)24(9)16(18(29)30)20(2,35(32)33)8-34-19(31)23-6-10(7-23)22-17(28)11-3-4-12(25)15(27)14(11)21/h3-4,9-10,16,25,27,35H,5-8H2,1-2H3,(H,22,28)(H,29,30)/t9-,16+,20+/m1/s1. The van der Waals surface area contributed by atoms with Crippen molar-refractivity contribution < 1.29 is 47.7 Å². The molecule has 0 radical (unpaired) electrons. The molecule has 2 aliphatic heterocycles. The van der Waals surface area contributed by atoms with Crippen LogP contribution in [0.15, 0.2) is 12.1 Å². The van der Waals surface area contributed by atoms with Gasteiger partial charge in [-0.25, -0.2) is 18.0 Å². The number of phenolic OH excluding ortho intramolecular Hbond substituents is 2. The first kappa shape index (κ1) is 26.3. The zero-order valence-electron chi connectivity index (χ0n) is 18.6. The van der Waals surface area contributed by atoms with Gasteiger partial charge in [-0.1, -0.05) is 11.6 Å². The fourth-order valence-electron chi connectivity index (χ4n) is 3.92. The quantitative estimate of drug-likeness (QED) is 0.169. The number of phenols is 2. The minimum atomic E-state index is -3.43. The molecule has 15 heteroatoms. The number of ether oxygens (including phenoxy) is 1. The smallest absolute Gasteiger partial charge is 0.409 e. The van der Waals surface area contributed by atoms with Gasteiger partial charge < -0.3 is 35.2 Å². The Kier molecular flexibility index (Phi) is 7.36. The molecule has 4 N–H and O–H groups in total. The van der Waals surface area contributed by atoms with E-state index in [1.54, 1.807) is 6.92 Å². The average Bonchev–Trinajstić information content (AvgIpc) is 2.75. The highest BCUT2D eigenvalue weighted by Gasteiger charge is 2.53. The molecule has 1 aromatic carbocycles. The van der Waals surface area contributed by atoms with Gasteiger partial charge in [0.15, 0.2) is 28.2 Å². The number of hydrogen-bond acceptors (Lipinski definition) is 9. The second-order valence-corrected chi connectivity index (χ2v) is 10.5. The van der Waals surface area contributed by atoms with Gasteiger partial charge >= 0.3 is 12.1 Å². The summed E-state index contributed by atoms with van der Waals surface area (Å²) in [5.41, 5.74) is -0.0903. The number of carbonyl (C=O) groups excluding carboxylic acids is 3. The lowest BCUT2D eigenvalue weighted by atomic mass is 9.92. The number of aromatic hydroxyl groups is 2. The highest BCUT2D eigenvalue weighted by atomic mass is 35.5. The van der Waals surface area contributed by atoms with Crippen LogP contribution in [0.5, 0.6) is 11.5 Å². The molecule has 0 unspecified atom stereocenters. The molecular formula is C20H24ClN3O10S. The summed E-state index contributed by atoms with van der Waals surface area (Å²) in [6.07, 6.45) is -0.837. The Morgan fingerprint density at radius 3 is 2.43 bits per heavy atom. The van der Waals surface area contributed by atoms with Crippen molar-refractivity contribution in [1.82, 2.24) is 15.1 Å². The van der Waals surface area contributed by atoms with E-state index in [1.807, 2.05) is 0 Å². The van der Waals surface area contributed by atoms with Crippen molar-refractivity contribution in [2.75, 3.05) is 19.7 Å². The van der Waals surface area contributed by atoms with Gasteiger partial charge in [-0.2, -0.15) is 0 Å². The summed E-state index contributed by atoms with van der Waals surface area (Å²) in [5, 5.41) is 30.9. The second-order valence-electron chi connectivity index (χ2n) is 8.63. The molecule has 3 rings (SSSR count). The SMILES string of the molecule is C[C@@H]1CC(=O)N1[C@@H](C(=O)O)[C@](C)(COC(=O)N1CC(NC(=O)c2ccc(O)c(O)c2Cl)C1)[SH](=O)=O. The number of carboxylic acids is 1. The van der Waals surface area contributed by atoms with Crippen LogP contribution in [0, 0.1) is 0 Å². The lowest BCUT2D eigenvalue weighted by Gasteiger charge is -2.47. The third kappa shape index (κ3) is 4.93. The minimum Gasteiger partial charge on any atom is -0.504 e. The van der Waals surface area contributed by atoms with Gasteiger partial charge in [0, 0.05) is 25.6 Å². The Hall–Kier alpha value is -3.26. The van der Waals surface area contributed by atoms with Crippen molar-refractivity contribution >= 4 is 46.2 Å². The number of halogens is 1. The van der Waals surface area contributed by atoms with E-state index in [9.17, 15) is 42.9 Å². The summed E-state index contributed by atoms with van der Waals surface area (Å²) in [4.78, 5) is 50.6. The predicted molar refractivity (Wildman–Crippen MR) is 120 cm³/mol. The molecule has 0 bridgehead atoms.